The van der Waals surface area contributed by atoms with Crippen molar-refractivity contribution in [3.63, 3.8) is 0 Å². The largest absolute Gasteiger partial charge is 0.359 e. The first-order valence-electron chi connectivity index (χ1n) is 6.47. The van der Waals surface area contributed by atoms with Crippen molar-refractivity contribution in [1.29, 1.82) is 0 Å². The van der Waals surface area contributed by atoms with Gasteiger partial charge in [-0.3, -0.25) is 4.79 Å². The van der Waals surface area contributed by atoms with E-state index in [-0.39, 0.29) is 5.78 Å². The molecular formula is C17H15F2NO. The third kappa shape index (κ3) is 3.99. The van der Waals surface area contributed by atoms with Gasteiger partial charge < -0.3 is 5.32 Å². The van der Waals surface area contributed by atoms with Crippen molar-refractivity contribution in [1.82, 2.24) is 0 Å². The molecule has 0 saturated carbocycles. The zero-order valence-corrected chi connectivity index (χ0v) is 11.8. The van der Waals surface area contributed by atoms with Crippen LogP contribution in [-0.2, 0) is 0 Å². The van der Waals surface area contributed by atoms with Crippen molar-refractivity contribution in [3.8, 4) is 0 Å². The number of carbonyl (C=O) groups is 1. The average Bonchev–Trinajstić information content (AvgIpc) is 2.43. The second-order valence-electron chi connectivity index (χ2n) is 4.81. The van der Waals surface area contributed by atoms with Crippen LogP contribution in [0.5, 0.6) is 0 Å². The van der Waals surface area contributed by atoms with Crippen molar-refractivity contribution in [2.24, 2.45) is 0 Å². The molecule has 4 heteroatoms. The number of benzene rings is 2. The molecule has 0 radical (unpaired) electrons. The maximum atomic E-state index is 13.1. The number of allylic oxidation sites excluding steroid dienone is 2. The molecule has 0 spiro atoms. The Morgan fingerprint density at radius 3 is 2.33 bits per heavy atom. The molecule has 0 heterocycles. The Morgan fingerprint density at radius 2 is 1.71 bits per heavy atom. The fourth-order valence-corrected chi connectivity index (χ4v) is 1.84. The molecule has 0 atom stereocenters. The number of ketones is 1. The number of halogens is 2. The summed E-state index contributed by atoms with van der Waals surface area (Å²) in [5.74, 6) is -1.99. The molecule has 2 aromatic carbocycles. The van der Waals surface area contributed by atoms with Crippen LogP contribution in [-0.4, -0.2) is 5.78 Å². The van der Waals surface area contributed by atoms with Gasteiger partial charge in [0.05, 0.1) is 0 Å². The van der Waals surface area contributed by atoms with E-state index in [9.17, 15) is 13.6 Å². The third-order valence-corrected chi connectivity index (χ3v) is 2.94. The number of anilines is 1. The minimum Gasteiger partial charge on any atom is -0.359 e. The van der Waals surface area contributed by atoms with Gasteiger partial charge in [-0.25, -0.2) is 8.78 Å². The van der Waals surface area contributed by atoms with Crippen LogP contribution in [0.2, 0.25) is 0 Å². The molecule has 2 nitrogen and oxygen atoms in total. The van der Waals surface area contributed by atoms with Crippen LogP contribution in [0.1, 0.15) is 22.8 Å². The fourth-order valence-electron chi connectivity index (χ4n) is 1.84. The Kier molecular flexibility index (Phi) is 4.48. The van der Waals surface area contributed by atoms with Crippen LogP contribution in [0.4, 0.5) is 14.5 Å². The van der Waals surface area contributed by atoms with Crippen molar-refractivity contribution in [2.75, 3.05) is 5.32 Å². The van der Waals surface area contributed by atoms with Gasteiger partial charge >= 0.3 is 0 Å². The summed E-state index contributed by atoms with van der Waals surface area (Å²) < 4.78 is 25.9. The second-order valence-corrected chi connectivity index (χ2v) is 4.81. The zero-order valence-electron chi connectivity index (χ0n) is 11.8. The molecule has 1 N–H and O–H groups in total. The fraction of sp³-hybridized carbons (Fsp3) is 0.118. The lowest BCUT2D eigenvalue weighted by atomic mass is 10.1. The summed E-state index contributed by atoms with van der Waals surface area (Å²) in [4.78, 5) is 12.0. The number of nitrogens with one attached hydrogen (secondary N) is 1. The molecule has 0 fully saturated rings. The van der Waals surface area contributed by atoms with Gasteiger partial charge in [-0.2, -0.15) is 0 Å². The standard InChI is InChI=1S/C17H15F2NO/c1-11-3-5-13(6-4-11)17(21)9-12(2)20-14-7-8-15(18)16(19)10-14/h3-10,20H,1-2H3. The molecule has 21 heavy (non-hydrogen) atoms. The van der Waals surface area contributed by atoms with E-state index in [4.69, 9.17) is 0 Å². The lowest BCUT2D eigenvalue weighted by Gasteiger charge is -2.07. The first-order chi connectivity index (χ1) is 9.95. The summed E-state index contributed by atoms with van der Waals surface area (Å²) in [5.41, 5.74) is 2.59. The van der Waals surface area contributed by atoms with Crippen LogP contribution in [0.25, 0.3) is 0 Å². The molecule has 0 aliphatic carbocycles. The summed E-state index contributed by atoms with van der Waals surface area (Å²) >= 11 is 0. The van der Waals surface area contributed by atoms with E-state index in [1.165, 1.54) is 12.1 Å². The van der Waals surface area contributed by atoms with Crippen molar-refractivity contribution < 1.29 is 13.6 Å². The van der Waals surface area contributed by atoms with Crippen LogP contribution >= 0.6 is 0 Å². The molecule has 2 rings (SSSR count). The lowest BCUT2D eigenvalue weighted by molar-refractivity contribution is 0.104. The van der Waals surface area contributed by atoms with Gasteiger partial charge in [0.25, 0.3) is 0 Å². The maximum Gasteiger partial charge on any atom is 0.187 e. The van der Waals surface area contributed by atoms with Crippen molar-refractivity contribution in [3.05, 3.63) is 77.0 Å². The maximum absolute atomic E-state index is 13.1. The minimum atomic E-state index is -0.933. The van der Waals surface area contributed by atoms with Crippen molar-refractivity contribution >= 4 is 11.5 Å². The van der Waals surface area contributed by atoms with E-state index in [1.807, 2.05) is 19.1 Å². The summed E-state index contributed by atoms with van der Waals surface area (Å²) in [7, 11) is 0. The zero-order chi connectivity index (χ0) is 15.4. The smallest absolute Gasteiger partial charge is 0.187 e. The van der Waals surface area contributed by atoms with Gasteiger partial charge in [-0.1, -0.05) is 29.8 Å². The SMILES string of the molecule is CC(=CC(=O)c1ccc(C)cc1)Nc1ccc(F)c(F)c1. The van der Waals surface area contributed by atoms with Gasteiger partial charge in [0, 0.05) is 29.1 Å². The van der Waals surface area contributed by atoms with E-state index in [0.29, 0.717) is 16.9 Å². The molecular weight excluding hydrogens is 272 g/mol. The highest BCUT2D eigenvalue weighted by molar-refractivity contribution is 6.05. The highest BCUT2D eigenvalue weighted by atomic mass is 19.2. The summed E-state index contributed by atoms with van der Waals surface area (Å²) in [5, 5.41) is 2.86. The Balaban J connectivity index is 2.11. The summed E-state index contributed by atoms with van der Waals surface area (Å²) in [6.07, 6.45) is 1.42. The number of aryl methyl sites for hydroxylation is 1. The van der Waals surface area contributed by atoms with E-state index in [1.54, 1.807) is 19.1 Å². The van der Waals surface area contributed by atoms with E-state index in [0.717, 1.165) is 17.7 Å². The molecule has 0 aliphatic rings. The highest BCUT2D eigenvalue weighted by Crippen LogP contribution is 2.15. The van der Waals surface area contributed by atoms with Gasteiger partial charge in [-0.15, -0.1) is 0 Å². The summed E-state index contributed by atoms with van der Waals surface area (Å²) in [6, 6.07) is 10.7. The van der Waals surface area contributed by atoms with Gasteiger partial charge in [0.15, 0.2) is 17.4 Å². The predicted octanol–water partition coefficient (Wildman–Crippen LogP) is 4.47. The third-order valence-electron chi connectivity index (χ3n) is 2.94. The van der Waals surface area contributed by atoms with Crippen LogP contribution in [0, 0.1) is 18.6 Å². The number of hydrogen-bond acceptors (Lipinski definition) is 2. The topological polar surface area (TPSA) is 29.1 Å². The highest BCUT2D eigenvalue weighted by Gasteiger charge is 2.05. The molecule has 0 aliphatic heterocycles. The Labute approximate surface area is 122 Å². The lowest BCUT2D eigenvalue weighted by Crippen LogP contribution is -2.02. The molecule has 0 aromatic heterocycles. The molecule has 0 bridgehead atoms. The summed E-state index contributed by atoms with van der Waals surface area (Å²) in [6.45, 7) is 3.63. The van der Waals surface area contributed by atoms with Gasteiger partial charge in [0.2, 0.25) is 0 Å². The van der Waals surface area contributed by atoms with Crippen LogP contribution in [0.3, 0.4) is 0 Å². The first-order valence-corrected chi connectivity index (χ1v) is 6.47. The number of carbonyl (C=O) groups excluding carboxylic acids is 1. The van der Waals surface area contributed by atoms with Gasteiger partial charge in [0.1, 0.15) is 0 Å². The van der Waals surface area contributed by atoms with E-state index < -0.39 is 11.6 Å². The second kappa shape index (κ2) is 6.31. The molecule has 2 aromatic rings. The Morgan fingerprint density at radius 1 is 1.05 bits per heavy atom. The molecule has 0 unspecified atom stereocenters. The van der Waals surface area contributed by atoms with Gasteiger partial charge in [-0.05, 0) is 26.0 Å². The number of hydrogen-bond donors (Lipinski definition) is 1. The quantitative estimate of drug-likeness (QED) is 0.664. The molecule has 0 saturated heterocycles. The van der Waals surface area contributed by atoms with E-state index >= 15 is 0 Å². The monoisotopic (exact) mass is 287 g/mol. The average molecular weight is 287 g/mol. The van der Waals surface area contributed by atoms with Crippen molar-refractivity contribution in [2.45, 2.75) is 13.8 Å². The Hall–Kier alpha value is -2.49. The molecule has 108 valence electrons. The van der Waals surface area contributed by atoms with Crippen LogP contribution < -0.4 is 5.32 Å². The number of rotatable bonds is 4. The van der Waals surface area contributed by atoms with E-state index in [2.05, 4.69) is 5.32 Å². The molecule has 0 amide bonds. The normalized spacial score (nSPS) is 11.3. The minimum absolute atomic E-state index is 0.150. The van der Waals surface area contributed by atoms with Crippen LogP contribution in [0.15, 0.2) is 54.2 Å². The first kappa shape index (κ1) is 14.9. The Bertz CT molecular complexity index is 690. The predicted molar refractivity (Wildman–Crippen MR) is 79.2 cm³/mol.